The molecule has 0 aromatic carbocycles. The van der Waals surface area contributed by atoms with Crippen LogP contribution < -0.4 is 5.32 Å². The second-order valence-corrected chi connectivity index (χ2v) is 9.92. The van der Waals surface area contributed by atoms with Gasteiger partial charge in [-0.1, -0.05) is 20.8 Å². The standard InChI is InChI=1S/C20H39N3O/c1-19(2,3)16-7-11-22(12-8-16)15-18(24)21-17-9-13-23(14-10-17)20(4,5)6/h16-17H,7-15H2,1-6H3,(H,21,24). The van der Waals surface area contributed by atoms with E-state index in [1.54, 1.807) is 0 Å². The Kier molecular flexibility index (Phi) is 6.35. The van der Waals surface area contributed by atoms with Gasteiger partial charge >= 0.3 is 0 Å². The topological polar surface area (TPSA) is 35.6 Å². The molecule has 2 aliphatic heterocycles. The third-order valence-electron chi connectivity index (χ3n) is 5.99. The minimum atomic E-state index is 0.221. The molecule has 0 aliphatic carbocycles. The lowest BCUT2D eigenvalue weighted by atomic mass is 9.75. The number of nitrogens with zero attached hydrogens (tertiary/aromatic N) is 2. The Hall–Kier alpha value is -0.610. The molecule has 1 amide bonds. The first-order chi connectivity index (χ1) is 11.1. The lowest BCUT2D eigenvalue weighted by Crippen LogP contribution is -2.52. The number of rotatable bonds is 3. The van der Waals surface area contributed by atoms with Gasteiger partial charge in [0.1, 0.15) is 0 Å². The Labute approximate surface area is 149 Å². The van der Waals surface area contributed by atoms with Gasteiger partial charge in [0.25, 0.3) is 0 Å². The van der Waals surface area contributed by atoms with Crippen LogP contribution in [0.1, 0.15) is 67.2 Å². The highest BCUT2D eigenvalue weighted by molar-refractivity contribution is 5.78. The van der Waals surface area contributed by atoms with E-state index in [2.05, 4.69) is 56.7 Å². The average molecular weight is 338 g/mol. The van der Waals surface area contributed by atoms with Crippen molar-refractivity contribution in [1.29, 1.82) is 0 Å². The Morgan fingerprint density at radius 3 is 1.92 bits per heavy atom. The average Bonchev–Trinajstić information content (AvgIpc) is 2.46. The van der Waals surface area contributed by atoms with Gasteiger partial charge in [0.15, 0.2) is 0 Å². The molecular weight excluding hydrogens is 298 g/mol. The largest absolute Gasteiger partial charge is 0.352 e. The van der Waals surface area contributed by atoms with E-state index in [-0.39, 0.29) is 11.4 Å². The summed E-state index contributed by atoms with van der Waals surface area (Å²) < 4.78 is 0. The fourth-order valence-corrected chi connectivity index (χ4v) is 4.13. The number of hydrogen-bond donors (Lipinski definition) is 1. The van der Waals surface area contributed by atoms with Crippen molar-refractivity contribution in [1.82, 2.24) is 15.1 Å². The smallest absolute Gasteiger partial charge is 0.234 e. The highest BCUT2D eigenvalue weighted by Gasteiger charge is 2.30. The maximum atomic E-state index is 12.4. The maximum absolute atomic E-state index is 12.4. The van der Waals surface area contributed by atoms with Crippen LogP contribution >= 0.6 is 0 Å². The van der Waals surface area contributed by atoms with Crippen LogP contribution in [0.5, 0.6) is 0 Å². The minimum absolute atomic E-state index is 0.221. The van der Waals surface area contributed by atoms with Crippen molar-refractivity contribution in [2.75, 3.05) is 32.7 Å². The molecule has 2 fully saturated rings. The molecule has 4 heteroatoms. The maximum Gasteiger partial charge on any atom is 0.234 e. The molecule has 2 saturated heterocycles. The lowest BCUT2D eigenvalue weighted by Gasteiger charge is -2.41. The van der Waals surface area contributed by atoms with Gasteiger partial charge in [0.05, 0.1) is 6.54 Å². The van der Waals surface area contributed by atoms with Gasteiger partial charge < -0.3 is 5.32 Å². The first-order valence-corrected chi connectivity index (χ1v) is 9.82. The van der Waals surface area contributed by atoms with E-state index in [0.29, 0.717) is 18.0 Å². The number of piperidine rings is 2. The van der Waals surface area contributed by atoms with Crippen LogP contribution in [0.25, 0.3) is 0 Å². The van der Waals surface area contributed by atoms with Gasteiger partial charge in [-0.2, -0.15) is 0 Å². The van der Waals surface area contributed by atoms with E-state index >= 15 is 0 Å². The highest BCUT2D eigenvalue weighted by Crippen LogP contribution is 2.34. The van der Waals surface area contributed by atoms with Crippen LogP contribution in [0.2, 0.25) is 0 Å². The van der Waals surface area contributed by atoms with Crippen LogP contribution in [0.4, 0.5) is 0 Å². The molecule has 24 heavy (non-hydrogen) atoms. The molecule has 4 nitrogen and oxygen atoms in total. The van der Waals surface area contributed by atoms with Gasteiger partial charge in [-0.05, 0) is 70.9 Å². The van der Waals surface area contributed by atoms with Gasteiger partial charge in [-0.3, -0.25) is 14.6 Å². The van der Waals surface area contributed by atoms with Crippen LogP contribution in [0, 0.1) is 11.3 Å². The first-order valence-electron chi connectivity index (χ1n) is 9.82. The third-order valence-corrected chi connectivity index (χ3v) is 5.99. The molecule has 0 radical (unpaired) electrons. The molecule has 0 aromatic rings. The van der Waals surface area contributed by atoms with E-state index < -0.39 is 0 Å². The summed E-state index contributed by atoms with van der Waals surface area (Å²) in [6, 6.07) is 0.364. The molecule has 1 N–H and O–H groups in total. The Morgan fingerprint density at radius 2 is 1.46 bits per heavy atom. The molecule has 0 unspecified atom stereocenters. The van der Waals surface area contributed by atoms with Crippen molar-refractivity contribution >= 4 is 5.91 Å². The Balaban J connectivity index is 1.68. The van der Waals surface area contributed by atoms with Crippen molar-refractivity contribution in [3.05, 3.63) is 0 Å². The predicted octanol–water partition coefficient (Wildman–Crippen LogP) is 3.12. The van der Waals surface area contributed by atoms with E-state index in [4.69, 9.17) is 0 Å². The summed E-state index contributed by atoms with van der Waals surface area (Å²) in [4.78, 5) is 17.2. The summed E-state index contributed by atoms with van der Waals surface area (Å²) in [5.41, 5.74) is 0.641. The lowest BCUT2D eigenvalue weighted by molar-refractivity contribution is -0.123. The number of carbonyl (C=O) groups is 1. The molecule has 2 heterocycles. The molecule has 140 valence electrons. The molecule has 0 aromatic heterocycles. The fraction of sp³-hybridized carbons (Fsp3) is 0.950. The number of likely N-dealkylation sites (tertiary alicyclic amines) is 2. The van der Waals surface area contributed by atoms with Gasteiger partial charge in [-0.15, -0.1) is 0 Å². The highest BCUT2D eigenvalue weighted by atomic mass is 16.2. The first kappa shape index (κ1) is 19.7. The number of amides is 1. The van der Waals surface area contributed by atoms with E-state index in [1.165, 1.54) is 12.8 Å². The van der Waals surface area contributed by atoms with E-state index in [0.717, 1.165) is 44.9 Å². The van der Waals surface area contributed by atoms with Crippen LogP contribution in [0.3, 0.4) is 0 Å². The van der Waals surface area contributed by atoms with Crippen molar-refractivity contribution in [3.63, 3.8) is 0 Å². The number of hydrogen-bond acceptors (Lipinski definition) is 3. The minimum Gasteiger partial charge on any atom is -0.352 e. The van der Waals surface area contributed by atoms with Crippen LogP contribution in [-0.2, 0) is 4.79 Å². The zero-order chi connectivity index (χ0) is 18.0. The molecule has 0 bridgehead atoms. The summed E-state index contributed by atoms with van der Waals surface area (Å²) in [6.45, 7) is 18.7. The number of nitrogens with one attached hydrogen (secondary N) is 1. The van der Waals surface area contributed by atoms with Gasteiger partial charge in [-0.25, -0.2) is 0 Å². The van der Waals surface area contributed by atoms with E-state index in [9.17, 15) is 4.79 Å². The van der Waals surface area contributed by atoms with Crippen molar-refractivity contribution in [2.24, 2.45) is 11.3 Å². The SMILES string of the molecule is CC(C)(C)C1CCN(CC(=O)NC2CCN(C(C)(C)C)CC2)CC1. The Morgan fingerprint density at radius 1 is 0.917 bits per heavy atom. The van der Waals surface area contributed by atoms with Crippen LogP contribution in [0.15, 0.2) is 0 Å². The van der Waals surface area contributed by atoms with Crippen LogP contribution in [-0.4, -0.2) is 60.0 Å². The number of carbonyl (C=O) groups excluding carboxylic acids is 1. The predicted molar refractivity (Wildman–Crippen MR) is 101 cm³/mol. The summed E-state index contributed by atoms with van der Waals surface area (Å²) in [5.74, 6) is 1.01. The second kappa shape index (κ2) is 7.74. The Bertz CT molecular complexity index is 368. The summed E-state index contributed by atoms with van der Waals surface area (Å²) >= 11 is 0. The molecule has 0 spiro atoms. The molecule has 0 saturated carbocycles. The van der Waals surface area contributed by atoms with E-state index in [1.807, 2.05) is 0 Å². The fourth-order valence-electron chi connectivity index (χ4n) is 4.13. The normalized spacial score (nSPS) is 23.4. The molecule has 0 atom stereocenters. The molecular formula is C20H39N3O. The molecule has 2 rings (SSSR count). The third kappa shape index (κ3) is 5.73. The van der Waals surface area contributed by atoms with Gasteiger partial charge in [0, 0.05) is 24.7 Å². The van der Waals surface area contributed by atoms with Crippen molar-refractivity contribution < 1.29 is 4.79 Å². The zero-order valence-corrected chi connectivity index (χ0v) is 16.8. The monoisotopic (exact) mass is 337 g/mol. The van der Waals surface area contributed by atoms with Crippen molar-refractivity contribution in [3.8, 4) is 0 Å². The second-order valence-electron chi connectivity index (χ2n) is 9.92. The quantitative estimate of drug-likeness (QED) is 0.859. The van der Waals surface area contributed by atoms with Crippen molar-refractivity contribution in [2.45, 2.75) is 78.8 Å². The molecule has 2 aliphatic rings. The summed E-state index contributed by atoms with van der Waals surface area (Å²) in [5, 5.41) is 3.27. The summed E-state index contributed by atoms with van der Waals surface area (Å²) in [7, 11) is 0. The summed E-state index contributed by atoms with van der Waals surface area (Å²) in [6.07, 6.45) is 4.60. The zero-order valence-electron chi connectivity index (χ0n) is 16.8. The van der Waals surface area contributed by atoms with Gasteiger partial charge in [0.2, 0.25) is 5.91 Å².